The van der Waals surface area contributed by atoms with Crippen LogP contribution in [-0.2, 0) is 0 Å². The van der Waals surface area contributed by atoms with E-state index in [1.54, 1.807) is 0 Å². The fourth-order valence-electron chi connectivity index (χ4n) is 2.14. The van der Waals surface area contributed by atoms with Crippen molar-refractivity contribution in [2.75, 3.05) is 0 Å². The first-order chi connectivity index (χ1) is 7.90. The van der Waals surface area contributed by atoms with Gasteiger partial charge in [0.2, 0.25) is 0 Å². The van der Waals surface area contributed by atoms with Crippen LogP contribution in [0.5, 0.6) is 0 Å². The molecule has 0 aliphatic carbocycles. The summed E-state index contributed by atoms with van der Waals surface area (Å²) in [6.45, 7) is 8.99. The third-order valence-corrected chi connectivity index (χ3v) is 3.97. The molecule has 0 saturated carbocycles. The lowest BCUT2D eigenvalue weighted by molar-refractivity contribution is 0.406. The minimum Gasteiger partial charge on any atom is -0.308 e. The average molecular weight is 363 g/mol. The quantitative estimate of drug-likeness (QED) is 0.749. The molecule has 0 aliphatic rings. The Kier molecular flexibility index (Phi) is 6.18. The zero-order chi connectivity index (χ0) is 13.0. The summed E-state index contributed by atoms with van der Waals surface area (Å²) in [6, 6.07) is 7.26. The predicted octanol–water partition coefficient (Wildman–Crippen LogP) is 5.30. The lowest BCUT2D eigenvalue weighted by atomic mass is 10.0. The van der Waals surface area contributed by atoms with Crippen molar-refractivity contribution < 1.29 is 0 Å². The lowest BCUT2D eigenvalue weighted by Gasteiger charge is -2.22. The molecular weight excluding hydrogens is 342 g/mol. The number of hydrogen-bond acceptors (Lipinski definition) is 1. The summed E-state index contributed by atoms with van der Waals surface area (Å²) in [6.07, 6.45) is 1.21. The summed E-state index contributed by atoms with van der Waals surface area (Å²) in [5.74, 6) is 0.734. The summed E-state index contributed by atoms with van der Waals surface area (Å²) in [5, 5.41) is 3.64. The van der Waals surface area contributed by atoms with Crippen LogP contribution in [0.15, 0.2) is 27.1 Å². The molecule has 2 unspecified atom stereocenters. The van der Waals surface area contributed by atoms with Crippen LogP contribution >= 0.6 is 31.9 Å². The molecule has 0 aromatic heterocycles. The van der Waals surface area contributed by atoms with E-state index in [-0.39, 0.29) is 0 Å². The summed E-state index contributed by atoms with van der Waals surface area (Å²) < 4.78 is 2.26. The van der Waals surface area contributed by atoms with Crippen molar-refractivity contribution in [2.45, 2.75) is 46.2 Å². The van der Waals surface area contributed by atoms with Gasteiger partial charge in [-0.3, -0.25) is 0 Å². The number of hydrogen-bond donors (Lipinski definition) is 1. The molecule has 3 heteroatoms. The molecule has 0 spiro atoms. The first-order valence-electron chi connectivity index (χ1n) is 6.11. The van der Waals surface area contributed by atoms with Gasteiger partial charge in [-0.1, -0.05) is 51.8 Å². The van der Waals surface area contributed by atoms with Crippen LogP contribution in [-0.4, -0.2) is 6.04 Å². The molecule has 1 rings (SSSR count). The first-order valence-corrected chi connectivity index (χ1v) is 7.69. The lowest BCUT2D eigenvalue weighted by Crippen LogP contribution is -2.30. The Hall–Kier alpha value is 0.140. The minimum absolute atomic E-state index is 0.367. The van der Waals surface area contributed by atoms with Gasteiger partial charge >= 0.3 is 0 Å². The maximum atomic E-state index is 3.64. The minimum atomic E-state index is 0.367. The van der Waals surface area contributed by atoms with Crippen LogP contribution in [0.4, 0.5) is 0 Å². The SMILES string of the molecule is CC(C)CC(C)NC(C)c1ccc(Br)cc1Br. The molecule has 0 bridgehead atoms. The number of benzene rings is 1. The van der Waals surface area contributed by atoms with Crippen LogP contribution < -0.4 is 5.32 Å². The smallest absolute Gasteiger partial charge is 0.0305 e. The molecule has 1 N–H and O–H groups in total. The van der Waals surface area contributed by atoms with Gasteiger partial charge in [0.15, 0.2) is 0 Å². The molecule has 0 saturated heterocycles. The molecule has 0 heterocycles. The fourth-order valence-corrected chi connectivity index (χ4v) is 3.53. The molecule has 1 aromatic rings. The summed E-state index contributed by atoms with van der Waals surface area (Å²) in [5.41, 5.74) is 1.31. The van der Waals surface area contributed by atoms with Crippen LogP contribution in [0.2, 0.25) is 0 Å². The Morgan fingerprint density at radius 2 is 1.76 bits per heavy atom. The largest absolute Gasteiger partial charge is 0.308 e. The standard InChI is InChI=1S/C14H21Br2N/c1-9(2)7-10(3)17-11(4)13-6-5-12(15)8-14(13)16/h5-6,8-11,17H,7H2,1-4H3. The second-order valence-corrected chi connectivity index (χ2v) is 6.85. The number of nitrogens with one attached hydrogen (secondary N) is 1. The number of halogens is 2. The van der Waals surface area contributed by atoms with E-state index in [9.17, 15) is 0 Å². The molecule has 1 aromatic carbocycles. The van der Waals surface area contributed by atoms with E-state index in [1.165, 1.54) is 12.0 Å². The highest BCUT2D eigenvalue weighted by Crippen LogP contribution is 2.27. The molecular formula is C14H21Br2N. The summed E-state index contributed by atoms with van der Waals surface area (Å²) >= 11 is 7.10. The van der Waals surface area contributed by atoms with Gasteiger partial charge in [-0.25, -0.2) is 0 Å². The van der Waals surface area contributed by atoms with Gasteiger partial charge in [-0.05, 0) is 43.9 Å². The van der Waals surface area contributed by atoms with E-state index in [0.717, 1.165) is 14.9 Å². The van der Waals surface area contributed by atoms with Gasteiger partial charge in [0.25, 0.3) is 0 Å². The van der Waals surface area contributed by atoms with E-state index in [2.05, 4.69) is 83.1 Å². The highest BCUT2D eigenvalue weighted by molar-refractivity contribution is 9.11. The average Bonchev–Trinajstić information content (AvgIpc) is 2.15. The fraction of sp³-hybridized carbons (Fsp3) is 0.571. The zero-order valence-electron chi connectivity index (χ0n) is 10.9. The van der Waals surface area contributed by atoms with E-state index >= 15 is 0 Å². The van der Waals surface area contributed by atoms with E-state index in [4.69, 9.17) is 0 Å². The highest BCUT2D eigenvalue weighted by Gasteiger charge is 2.13. The second-order valence-electron chi connectivity index (χ2n) is 5.08. The molecule has 2 atom stereocenters. The van der Waals surface area contributed by atoms with Gasteiger partial charge in [0, 0.05) is 21.0 Å². The molecule has 1 nitrogen and oxygen atoms in total. The van der Waals surface area contributed by atoms with Gasteiger partial charge in [-0.15, -0.1) is 0 Å². The summed E-state index contributed by atoms with van der Waals surface area (Å²) in [7, 11) is 0. The molecule has 17 heavy (non-hydrogen) atoms. The Labute approximate surface area is 122 Å². The second kappa shape index (κ2) is 6.91. The van der Waals surface area contributed by atoms with Gasteiger partial charge < -0.3 is 5.32 Å². The van der Waals surface area contributed by atoms with Gasteiger partial charge in [0.1, 0.15) is 0 Å². The van der Waals surface area contributed by atoms with Crippen molar-refractivity contribution in [3.63, 3.8) is 0 Å². The Morgan fingerprint density at radius 3 is 2.29 bits per heavy atom. The Balaban J connectivity index is 2.66. The molecule has 0 radical (unpaired) electrons. The van der Waals surface area contributed by atoms with Crippen LogP contribution in [0, 0.1) is 5.92 Å². The van der Waals surface area contributed by atoms with Crippen molar-refractivity contribution in [3.05, 3.63) is 32.7 Å². The third-order valence-electron chi connectivity index (χ3n) is 2.79. The van der Waals surface area contributed by atoms with Crippen molar-refractivity contribution in [3.8, 4) is 0 Å². The normalized spacial score (nSPS) is 15.0. The van der Waals surface area contributed by atoms with Crippen LogP contribution in [0.1, 0.15) is 45.7 Å². The van der Waals surface area contributed by atoms with Crippen molar-refractivity contribution in [1.82, 2.24) is 5.32 Å². The monoisotopic (exact) mass is 361 g/mol. The van der Waals surface area contributed by atoms with E-state index in [0.29, 0.717) is 12.1 Å². The Morgan fingerprint density at radius 1 is 1.12 bits per heavy atom. The molecule has 0 fully saturated rings. The van der Waals surface area contributed by atoms with E-state index in [1.807, 2.05) is 0 Å². The maximum Gasteiger partial charge on any atom is 0.0305 e. The molecule has 96 valence electrons. The zero-order valence-corrected chi connectivity index (χ0v) is 14.1. The predicted molar refractivity (Wildman–Crippen MR) is 82.3 cm³/mol. The Bertz CT molecular complexity index is 363. The third kappa shape index (κ3) is 5.11. The van der Waals surface area contributed by atoms with Crippen molar-refractivity contribution in [2.24, 2.45) is 5.92 Å². The molecule has 0 amide bonds. The van der Waals surface area contributed by atoms with Crippen molar-refractivity contribution in [1.29, 1.82) is 0 Å². The maximum absolute atomic E-state index is 3.64. The highest BCUT2D eigenvalue weighted by atomic mass is 79.9. The number of rotatable bonds is 5. The van der Waals surface area contributed by atoms with Crippen LogP contribution in [0.3, 0.4) is 0 Å². The van der Waals surface area contributed by atoms with Gasteiger partial charge in [0.05, 0.1) is 0 Å². The van der Waals surface area contributed by atoms with E-state index < -0.39 is 0 Å². The topological polar surface area (TPSA) is 12.0 Å². The molecule has 0 aliphatic heterocycles. The summed E-state index contributed by atoms with van der Waals surface area (Å²) in [4.78, 5) is 0. The first kappa shape index (κ1) is 15.2. The van der Waals surface area contributed by atoms with Crippen LogP contribution in [0.25, 0.3) is 0 Å². The van der Waals surface area contributed by atoms with Crippen molar-refractivity contribution >= 4 is 31.9 Å². The van der Waals surface area contributed by atoms with Gasteiger partial charge in [-0.2, -0.15) is 0 Å².